The lowest BCUT2D eigenvalue weighted by Crippen LogP contribution is -2.33. The minimum atomic E-state index is 0.734. The van der Waals surface area contributed by atoms with E-state index in [1.165, 1.54) is 0 Å². The van der Waals surface area contributed by atoms with Crippen molar-refractivity contribution in [2.24, 2.45) is 5.92 Å². The van der Waals surface area contributed by atoms with Crippen LogP contribution in [0.1, 0.15) is 13.8 Å². The van der Waals surface area contributed by atoms with Crippen LogP contribution >= 0.6 is 0 Å². The van der Waals surface area contributed by atoms with Gasteiger partial charge in [0.1, 0.15) is 0 Å². The van der Waals surface area contributed by atoms with Crippen molar-refractivity contribution in [2.75, 3.05) is 20.6 Å². The van der Waals surface area contributed by atoms with Crippen molar-refractivity contribution in [3.8, 4) is 0 Å². The van der Waals surface area contributed by atoms with E-state index in [-0.39, 0.29) is 0 Å². The summed E-state index contributed by atoms with van der Waals surface area (Å²) in [6.07, 6.45) is 0. The fraction of sp³-hybridized carbons (Fsp3) is 1.00. The number of nitrogens with zero attached hydrogens (tertiary/aromatic N) is 1. The number of hydrogen-bond donors (Lipinski definition) is 1. The molecule has 0 aliphatic rings. The first kappa shape index (κ1) is 7.92. The van der Waals surface area contributed by atoms with Crippen molar-refractivity contribution >= 4 is 0 Å². The maximum atomic E-state index is 3.18. The Morgan fingerprint density at radius 3 is 2.00 bits per heavy atom. The Morgan fingerprint density at radius 1 is 1.38 bits per heavy atom. The molecule has 0 aromatic heterocycles. The van der Waals surface area contributed by atoms with E-state index in [4.69, 9.17) is 0 Å². The van der Waals surface area contributed by atoms with Gasteiger partial charge in [-0.25, -0.2) is 0 Å². The van der Waals surface area contributed by atoms with Crippen molar-refractivity contribution < 1.29 is 0 Å². The molecule has 2 nitrogen and oxygen atoms in total. The summed E-state index contributed by atoms with van der Waals surface area (Å²) < 4.78 is 0. The highest BCUT2D eigenvalue weighted by molar-refractivity contribution is 4.44. The number of nitrogens with one attached hydrogen (secondary N) is 1. The van der Waals surface area contributed by atoms with Crippen LogP contribution in [0.3, 0.4) is 0 Å². The third kappa shape index (κ3) is 5.92. The Hall–Kier alpha value is -0.0800. The lowest BCUT2D eigenvalue weighted by atomic mass is 10.2. The van der Waals surface area contributed by atoms with Crippen LogP contribution in [0.5, 0.6) is 0 Å². The number of hydrazine groups is 1. The molecule has 0 bridgehead atoms. The molecule has 0 atom stereocenters. The molecular formula is C6H16N2. The first-order chi connectivity index (χ1) is 3.63. The molecule has 8 heavy (non-hydrogen) atoms. The van der Waals surface area contributed by atoms with Crippen LogP contribution in [0.2, 0.25) is 0 Å². The zero-order valence-electron chi connectivity index (χ0n) is 6.23. The standard InChI is InChI=1S/C6H16N2/c1-6(2)5-7-8(3)4/h6-7H,5H2,1-4H3. The van der Waals surface area contributed by atoms with E-state index in [1.54, 1.807) is 0 Å². The van der Waals surface area contributed by atoms with Gasteiger partial charge in [0.15, 0.2) is 0 Å². The van der Waals surface area contributed by atoms with Gasteiger partial charge in [0, 0.05) is 20.6 Å². The molecule has 0 amide bonds. The highest BCUT2D eigenvalue weighted by Crippen LogP contribution is 1.85. The Kier molecular flexibility index (Phi) is 3.83. The Bertz CT molecular complexity index is 42.5. The lowest BCUT2D eigenvalue weighted by Gasteiger charge is -2.12. The first-order valence-corrected chi connectivity index (χ1v) is 3.03. The lowest BCUT2D eigenvalue weighted by molar-refractivity contribution is 0.272. The van der Waals surface area contributed by atoms with Gasteiger partial charge in [0.25, 0.3) is 0 Å². The molecule has 0 aliphatic heterocycles. The second-order valence-electron chi connectivity index (χ2n) is 2.65. The van der Waals surface area contributed by atoms with Gasteiger partial charge in [-0.3, -0.25) is 10.4 Å². The van der Waals surface area contributed by atoms with Gasteiger partial charge in [-0.05, 0) is 5.92 Å². The second-order valence-corrected chi connectivity index (χ2v) is 2.65. The van der Waals surface area contributed by atoms with Crippen LogP contribution in [0.25, 0.3) is 0 Å². The molecule has 0 saturated carbocycles. The predicted octanol–water partition coefficient (Wildman–Crippen LogP) is 0.709. The molecular weight excluding hydrogens is 100 g/mol. The Labute approximate surface area is 51.8 Å². The molecule has 0 aliphatic carbocycles. The Morgan fingerprint density at radius 2 is 1.88 bits per heavy atom. The minimum absolute atomic E-state index is 0.734. The van der Waals surface area contributed by atoms with Crippen LogP contribution < -0.4 is 5.43 Å². The monoisotopic (exact) mass is 116 g/mol. The van der Waals surface area contributed by atoms with Gasteiger partial charge >= 0.3 is 0 Å². The van der Waals surface area contributed by atoms with Gasteiger partial charge in [-0.1, -0.05) is 13.8 Å². The molecule has 0 aromatic rings. The average Bonchev–Trinajstić information content (AvgIpc) is 1.61. The fourth-order valence-corrected chi connectivity index (χ4v) is 0.365. The van der Waals surface area contributed by atoms with Crippen LogP contribution in [0.4, 0.5) is 0 Å². The molecule has 0 heterocycles. The van der Waals surface area contributed by atoms with Crippen LogP contribution in [0.15, 0.2) is 0 Å². The Balaban J connectivity index is 2.93. The van der Waals surface area contributed by atoms with Gasteiger partial charge < -0.3 is 0 Å². The topological polar surface area (TPSA) is 15.3 Å². The van der Waals surface area contributed by atoms with E-state index in [9.17, 15) is 0 Å². The maximum absolute atomic E-state index is 3.18. The van der Waals surface area contributed by atoms with Gasteiger partial charge in [-0.15, -0.1) is 0 Å². The zero-order chi connectivity index (χ0) is 6.57. The smallest absolute Gasteiger partial charge is 0.0125 e. The molecule has 0 radical (unpaired) electrons. The van der Waals surface area contributed by atoms with Crippen molar-refractivity contribution in [3.05, 3.63) is 0 Å². The summed E-state index contributed by atoms with van der Waals surface area (Å²) >= 11 is 0. The summed E-state index contributed by atoms with van der Waals surface area (Å²) in [4.78, 5) is 0. The third-order valence-electron chi connectivity index (χ3n) is 0.816. The van der Waals surface area contributed by atoms with Crippen LogP contribution in [-0.2, 0) is 0 Å². The molecule has 0 unspecified atom stereocenters. The normalized spacial score (nSPS) is 11.2. The quantitative estimate of drug-likeness (QED) is 0.546. The third-order valence-corrected chi connectivity index (χ3v) is 0.816. The van der Waals surface area contributed by atoms with Gasteiger partial charge in [-0.2, -0.15) is 0 Å². The number of rotatable bonds is 3. The minimum Gasteiger partial charge on any atom is -0.255 e. The fourth-order valence-electron chi connectivity index (χ4n) is 0.365. The van der Waals surface area contributed by atoms with E-state index in [2.05, 4.69) is 19.3 Å². The summed E-state index contributed by atoms with van der Waals surface area (Å²) in [5.41, 5.74) is 3.18. The highest BCUT2D eigenvalue weighted by atomic mass is 15.5. The molecule has 0 spiro atoms. The van der Waals surface area contributed by atoms with Crippen LogP contribution in [-0.4, -0.2) is 25.6 Å². The van der Waals surface area contributed by atoms with Gasteiger partial charge in [0.05, 0.1) is 0 Å². The summed E-state index contributed by atoms with van der Waals surface area (Å²) in [6.45, 7) is 5.44. The molecule has 0 aromatic carbocycles. The van der Waals surface area contributed by atoms with Crippen molar-refractivity contribution in [3.63, 3.8) is 0 Å². The van der Waals surface area contributed by atoms with E-state index in [1.807, 2.05) is 19.1 Å². The van der Waals surface area contributed by atoms with Crippen molar-refractivity contribution in [1.82, 2.24) is 10.4 Å². The summed E-state index contributed by atoms with van der Waals surface area (Å²) in [5.74, 6) is 0.734. The second kappa shape index (κ2) is 3.87. The molecule has 0 fully saturated rings. The zero-order valence-corrected chi connectivity index (χ0v) is 6.23. The van der Waals surface area contributed by atoms with E-state index in [0.29, 0.717) is 0 Å². The summed E-state index contributed by atoms with van der Waals surface area (Å²) in [5, 5.41) is 1.97. The predicted molar refractivity (Wildman–Crippen MR) is 36.5 cm³/mol. The van der Waals surface area contributed by atoms with Crippen LogP contribution in [0, 0.1) is 5.92 Å². The summed E-state index contributed by atoms with van der Waals surface area (Å²) in [7, 11) is 4.00. The molecule has 2 heteroatoms. The number of hydrogen-bond acceptors (Lipinski definition) is 2. The van der Waals surface area contributed by atoms with Gasteiger partial charge in [0.2, 0.25) is 0 Å². The van der Waals surface area contributed by atoms with E-state index >= 15 is 0 Å². The first-order valence-electron chi connectivity index (χ1n) is 3.03. The molecule has 0 rings (SSSR count). The average molecular weight is 116 g/mol. The van der Waals surface area contributed by atoms with Crippen molar-refractivity contribution in [1.29, 1.82) is 0 Å². The summed E-state index contributed by atoms with van der Waals surface area (Å²) in [6, 6.07) is 0. The largest absolute Gasteiger partial charge is 0.255 e. The van der Waals surface area contributed by atoms with E-state index in [0.717, 1.165) is 12.5 Å². The molecule has 1 N–H and O–H groups in total. The molecule has 0 saturated heterocycles. The van der Waals surface area contributed by atoms with Crippen molar-refractivity contribution in [2.45, 2.75) is 13.8 Å². The maximum Gasteiger partial charge on any atom is 0.0125 e. The highest BCUT2D eigenvalue weighted by Gasteiger charge is 1.91. The SMILES string of the molecule is CC(C)CNN(C)C. The van der Waals surface area contributed by atoms with E-state index < -0.39 is 0 Å². The molecule has 50 valence electrons.